The van der Waals surface area contributed by atoms with Crippen LogP contribution in [0, 0.1) is 5.92 Å². The van der Waals surface area contributed by atoms with E-state index >= 15 is 0 Å². The fraction of sp³-hybridized carbons (Fsp3) is 0.714. The van der Waals surface area contributed by atoms with Gasteiger partial charge in [-0.05, 0) is 12.2 Å². The number of oxime groups is 1. The summed E-state index contributed by atoms with van der Waals surface area (Å²) in [6.45, 7) is 0.122. The summed E-state index contributed by atoms with van der Waals surface area (Å²) in [7, 11) is 0. The Balaban J connectivity index is 2.24. The fourth-order valence-electron chi connectivity index (χ4n) is 1.10. The van der Waals surface area contributed by atoms with Crippen LogP contribution in [0.2, 0.25) is 0 Å². The molecular weight excluding hydrogens is 190 g/mol. The molecule has 1 aliphatic rings. The molecule has 6 heteroatoms. The number of amidine groups is 1. The number of amides is 1. The third-order valence-electron chi connectivity index (χ3n) is 1.87. The zero-order valence-corrected chi connectivity index (χ0v) is 8.01. The molecule has 1 fully saturated rings. The van der Waals surface area contributed by atoms with Crippen molar-refractivity contribution in [2.24, 2.45) is 16.8 Å². The van der Waals surface area contributed by atoms with Crippen molar-refractivity contribution in [1.29, 1.82) is 0 Å². The van der Waals surface area contributed by atoms with Crippen LogP contribution in [0.25, 0.3) is 0 Å². The predicted octanol–water partition coefficient (Wildman–Crippen LogP) is -0.398. The van der Waals surface area contributed by atoms with Crippen LogP contribution in [0.3, 0.4) is 0 Å². The highest BCUT2D eigenvalue weighted by atomic mass is 32.2. The van der Waals surface area contributed by atoms with Crippen LogP contribution in [0.4, 0.5) is 0 Å². The van der Waals surface area contributed by atoms with Crippen molar-refractivity contribution in [2.45, 2.75) is 6.42 Å². The molecule has 5 nitrogen and oxygen atoms in total. The second kappa shape index (κ2) is 4.96. The molecule has 0 bridgehead atoms. The van der Waals surface area contributed by atoms with Crippen molar-refractivity contribution in [2.75, 3.05) is 18.1 Å². The van der Waals surface area contributed by atoms with Crippen LogP contribution in [0.5, 0.6) is 0 Å². The van der Waals surface area contributed by atoms with E-state index in [-0.39, 0.29) is 24.2 Å². The zero-order chi connectivity index (χ0) is 9.68. The molecule has 1 atom stereocenters. The first-order chi connectivity index (χ1) is 6.24. The molecule has 0 aromatic heterocycles. The van der Waals surface area contributed by atoms with Gasteiger partial charge in [0.1, 0.15) is 0 Å². The van der Waals surface area contributed by atoms with Crippen LogP contribution in [-0.4, -0.2) is 35.0 Å². The van der Waals surface area contributed by atoms with Crippen molar-refractivity contribution in [1.82, 2.24) is 5.32 Å². The summed E-state index contributed by atoms with van der Waals surface area (Å²) in [4.78, 5) is 11.3. The number of carbonyl (C=O) groups is 1. The molecule has 1 amide bonds. The van der Waals surface area contributed by atoms with Gasteiger partial charge in [0.2, 0.25) is 5.91 Å². The van der Waals surface area contributed by atoms with Crippen molar-refractivity contribution in [3.8, 4) is 0 Å². The average Bonchev–Trinajstić information content (AvgIpc) is 2.66. The standard InChI is InChI=1S/C7H13N3O2S/c8-6(10-12)3-9-7(11)5-1-2-13-4-5/h5,12H,1-4H2,(H2,8,10)(H,9,11). The summed E-state index contributed by atoms with van der Waals surface area (Å²) in [5.41, 5.74) is 5.20. The van der Waals surface area contributed by atoms with Crippen molar-refractivity contribution >= 4 is 23.5 Å². The highest BCUT2D eigenvalue weighted by Crippen LogP contribution is 2.23. The van der Waals surface area contributed by atoms with E-state index in [0.29, 0.717) is 0 Å². The number of hydrogen-bond acceptors (Lipinski definition) is 4. The van der Waals surface area contributed by atoms with E-state index in [2.05, 4.69) is 10.5 Å². The van der Waals surface area contributed by atoms with E-state index in [9.17, 15) is 4.79 Å². The highest BCUT2D eigenvalue weighted by Gasteiger charge is 2.22. The van der Waals surface area contributed by atoms with Gasteiger partial charge in [-0.3, -0.25) is 4.79 Å². The van der Waals surface area contributed by atoms with E-state index in [1.807, 2.05) is 0 Å². The van der Waals surface area contributed by atoms with Crippen molar-refractivity contribution < 1.29 is 10.0 Å². The van der Waals surface area contributed by atoms with Gasteiger partial charge >= 0.3 is 0 Å². The Labute approximate surface area is 80.7 Å². The topological polar surface area (TPSA) is 87.7 Å². The maximum atomic E-state index is 11.3. The van der Waals surface area contributed by atoms with E-state index in [1.54, 1.807) is 11.8 Å². The summed E-state index contributed by atoms with van der Waals surface area (Å²) < 4.78 is 0. The maximum Gasteiger partial charge on any atom is 0.224 e. The molecule has 13 heavy (non-hydrogen) atoms. The van der Waals surface area contributed by atoms with Gasteiger partial charge < -0.3 is 16.3 Å². The minimum Gasteiger partial charge on any atom is -0.409 e. The molecule has 1 rings (SSSR count). The fourth-order valence-corrected chi connectivity index (χ4v) is 2.32. The number of nitrogens with two attached hydrogens (primary N) is 1. The molecule has 0 aromatic rings. The summed E-state index contributed by atoms with van der Waals surface area (Å²) in [5.74, 6) is 2.04. The summed E-state index contributed by atoms with van der Waals surface area (Å²) in [5, 5.41) is 13.6. The smallest absolute Gasteiger partial charge is 0.224 e. The molecule has 0 spiro atoms. The third-order valence-corrected chi connectivity index (χ3v) is 3.04. The Morgan fingerprint density at radius 3 is 3.08 bits per heavy atom. The van der Waals surface area contributed by atoms with Crippen LogP contribution in [0.1, 0.15) is 6.42 Å². The Kier molecular flexibility index (Phi) is 3.88. The number of hydrogen-bond donors (Lipinski definition) is 3. The number of carbonyl (C=O) groups excluding carboxylic acids is 1. The Morgan fingerprint density at radius 1 is 1.77 bits per heavy atom. The van der Waals surface area contributed by atoms with Gasteiger partial charge in [0.25, 0.3) is 0 Å². The van der Waals surface area contributed by atoms with Crippen LogP contribution < -0.4 is 11.1 Å². The van der Waals surface area contributed by atoms with Gasteiger partial charge in [0.15, 0.2) is 5.84 Å². The number of thioether (sulfide) groups is 1. The first kappa shape index (κ1) is 10.2. The molecule has 1 unspecified atom stereocenters. The van der Waals surface area contributed by atoms with Crippen LogP contribution >= 0.6 is 11.8 Å². The average molecular weight is 203 g/mol. The van der Waals surface area contributed by atoms with E-state index in [1.165, 1.54) is 0 Å². The maximum absolute atomic E-state index is 11.3. The monoisotopic (exact) mass is 203 g/mol. The highest BCUT2D eigenvalue weighted by molar-refractivity contribution is 7.99. The molecule has 74 valence electrons. The molecular formula is C7H13N3O2S. The largest absolute Gasteiger partial charge is 0.409 e. The quantitative estimate of drug-likeness (QED) is 0.252. The van der Waals surface area contributed by atoms with Gasteiger partial charge in [0, 0.05) is 11.7 Å². The lowest BCUT2D eigenvalue weighted by atomic mass is 10.1. The lowest BCUT2D eigenvalue weighted by molar-refractivity contribution is -0.123. The molecule has 0 saturated carbocycles. The van der Waals surface area contributed by atoms with Gasteiger partial charge in [-0.2, -0.15) is 11.8 Å². The molecule has 4 N–H and O–H groups in total. The Morgan fingerprint density at radius 2 is 2.54 bits per heavy atom. The summed E-state index contributed by atoms with van der Waals surface area (Å²) >= 11 is 1.78. The predicted molar refractivity (Wildman–Crippen MR) is 51.9 cm³/mol. The van der Waals surface area contributed by atoms with E-state index < -0.39 is 0 Å². The molecule has 1 saturated heterocycles. The second-order valence-electron chi connectivity index (χ2n) is 2.87. The normalized spacial score (nSPS) is 23.1. The summed E-state index contributed by atoms with van der Waals surface area (Å²) in [6, 6.07) is 0. The zero-order valence-electron chi connectivity index (χ0n) is 7.19. The number of nitrogens with one attached hydrogen (secondary N) is 1. The first-order valence-corrected chi connectivity index (χ1v) is 5.21. The minimum absolute atomic E-state index is 0.00315. The van der Waals surface area contributed by atoms with Gasteiger partial charge in [-0.25, -0.2) is 0 Å². The molecule has 0 aromatic carbocycles. The van der Waals surface area contributed by atoms with Crippen molar-refractivity contribution in [3.05, 3.63) is 0 Å². The SMILES string of the molecule is NC(CNC(=O)C1CCSC1)=NO. The van der Waals surface area contributed by atoms with Gasteiger partial charge in [-0.15, -0.1) is 0 Å². The minimum atomic E-state index is -0.00315. The second-order valence-corrected chi connectivity index (χ2v) is 4.02. The lowest BCUT2D eigenvalue weighted by Gasteiger charge is -2.08. The molecule has 0 radical (unpaired) electrons. The van der Waals surface area contributed by atoms with Crippen molar-refractivity contribution in [3.63, 3.8) is 0 Å². The first-order valence-electron chi connectivity index (χ1n) is 4.06. The van der Waals surface area contributed by atoms with E-state index in [4.69, 9.17) is 10.9 Å². The Hall–Kier alpha value is -0.910. The third kappa shape index (κ3) is 3.14. The van der Waals surface area contributed by atoms with Crippen LogP contribution in [-0.2, 0) is 4.79 Å². The molecule has 1 aliphatic heterocycles. The molecule has 1 heterocycles. The van der Waals surface area contributed by atoms with E-state index in [0.717, 1.165) is 17.9 Å². The Bertz CT molecular complexity index is 214. The van der Waals surface area contributed by atoms with Crippen LogP contribution in [0.15, 0.2) is 5.16 Å². The summed E-state index contributed by atoms with van der Waals surface area (Å²) in [6.07, 6.45) is 0.923. The number of rotatable bonds is 3. The molecule has 0 aliphatic carbocycles. The number of nitrogens with zero attached hydrogens (tertiary/aromatic N) is 1. The van der Waals surface area contributed by atoms with Gasteiger partial charge in [-0.1, -0.05) is 5.16 Å². The van der Waals surface area contributed by atoms with Gasteiger partial charge in [0.05, 0.1) is 6.54 Å². The lowest BCUT2D eigenvalue weighted by Crippen LogP contribution is -2.37.